The highest BCUT2D eigenvalue weighted by Gasteiger charge is 2.28. The zero-order valence-corrected chi connectivity index (χ0v) is 16.1. The Hall–Kier alpha value is -1.73. The molecule has 5 nitrogen and oxygen atoms in total. The van der Waals surface area contributed by atoms with Gasteiger partial charge in [-0.1, -0.05) is 6.07 Å². The summed E-state index contributed by atoms with van der Waals surface area (Å²) in [6.07, 6.45) is -0.839. The van der Waals surface area contributed by atoms with Crippen LogP contribution in [-0.4, -0.2) is 39.9 Å². The molecule has 0 aliphatic heterocycles. The lowest BCUT2D eigenvalue weighted by atomic mass is 10.2. The van der Waals surface area contributed by atoms with E-state index in [-0.39, 0.29) is 23.7 Å². The van der Waals surface area contributed by atoms with Crippen molar-refractivity contribution in [3.05, 3.63) is 28.6 Å². The summed E-state index contributed by atoms with van der Waals surface area (Å²) in [4.78, 5) is 31.8. The molecule has 0 aliphatic rings. The summed E-state index contributed by atoms with van der Waals surface area (Å²) in [5.41, 5.74) is 0.240. The van der Waals surface area contributed by atoms with Crippen LogP contribution in [0.3, 0.4) is 0 Å². The van der Waals surface area contributed by atoms with Crippen LogP contribution in [0.4, 0.5) is 0 Å². The van der Waals surface area contributed by atoms with Crippen molar-refractivity contribution in [1.29, 1.82) is 0 Å². The van der Waals surface area contributed by atoms with Gasteiger partial charge in [0.15, 0.2) is 11.8 Å². The quantitative estimate of drug-likeness (QED) is 0.723. The van der Waals surface area contributed by atoms with Crippen LogP contribution >= 0.6 is 22.7 Å². The second kappa shape index (κ2) is 7.90. The molecule has 2 aromatic rings. The summed E-state index contributed by atoms with van der Waals surface area (Å²) >= 11 is 2.96. The van der Waals surface area contributed by atoms with Crippen LogP contribution < -0.4 is 0 Å². The average molecular weight is 367 g/mol. The maximum absolute atomic E-state index is 12.5. The SMILES string of the molecule is CC(OC(=O)c1csc(-c2cccs2)n1)C(=O)N(C(C)C)C(C)C. The van der Waals surface area contributed by atoms with Crippen molar-refractivity contribution >= 4 is 34.6 Å². The third-order valence-corrected chi connectivity index (χ3v) is 5.33. The van der Waals surface area contributed by atoms with E-state index in [9.17, 15) is 9.59 Å². The predicted molar refractivity (Wildman–Crippen MR) is 97.4 cm³/mol. The van der Waals surface area contributed by atoms with E-state index < -0.39 is 12.1 Å². The summed E-state index contributed by atoms with van der Waals surface area (Å²) in [6, 6.07) is 3.98. The number of thiazole rings is 1. The first-order valence-corrected chi connectivity index (χ1v) is 9.59. The first kappa shape index (κ1) is 18.6. The van der Waals surface area contributed by atoms with Gasteiger partial charge in [-0.05, 0) is 46.1 Å². The Kier molecular flexibility index (Phi) is 6.12. The first-order chi connectivity index (χ1) is 11.3. The number of ether oxygens (including phenoxy) is 1. The highest BCUT2D eigenvalue weighted by atomic mass is 32.1. The van der Waals surface area contributed by atoms with Gasteiger partial charge in [0.1, 0.15) is 5.01 Å². The van der Waals surface area contributed by atoms with E-state index in [0.717, 1.165) is 9.88 Å². The molecule has 2 rings (SSSR count). The third-order valence-electron chi connectivity index (χ3n) is 3.44. The molecule has 0 bridgehead atoms. The first-order valence-electron chi connectivity index (χ1n) is 7.83. The van der Waals surface area contributed by atoms with Crippen LogP contribution in [0.1, 0.15) is 45.1 Å². The Bertz CT molecular complexity index is 685. The highest BCUT2D eigenvalue weighted by molar-refractivity contribution is 7.20. The Morgan fingerprint density at radius 3 is 2.33 bits per heavy atom. The van der Waals surface area contributed by atoms with Crippen LogP contribution in [0, 0.1) is 0 Å². The van der Waals surface area contributed by atoms with Crippen LogP contribution in [0.5, 0.6) is 0 Å². The summed E-state index contributed by atoms with van der Waals surface area (Å²) in [7, 11) is 0. The normalized spacial score (nSPS) is 12.5. The van der Waals surface area contributed by atoms with Crippen molar-refractivity contribution in [2.75, 3.05) is 0 Å². The average Bonchev–Trinajstić information content (AvgIpc) is 3.17. The standard InChI is InChI=1S/C17H22N2O3S2/c1-10(2)19(11(3)4)16(20)12(5)22-17(21)13-9-24-15(18-13)14-7-6-8-23-14/h6-12H,1-5H3. The molecule has 0 fully saturated rings. The molecule has 0 spiro atoms. The number of rotatable bonds is 6. The Balaban J connectivity index is 2.05. The van der Waals surface area contributed by atoms with Crippen molar-refractivity contribution in [3.63, 3.8) is 0 Å². The van der Waals surface area contributed by atoms with E-state index in [1.54, 1.807) is 28.5 Å². The van der Waals surface area contributed by atoms with Gasteiger partial charge >= 0.3 is 5.97 Å². The Morgan fingerprint density at radius 1 is 1.12 bits per heavy atom. The number of aromatic nitrogens is 1. The fraction of sp³-hybridized carbons (Fsp3) is 0.471. The number of nitrogens with zero attached hydrogens (tertiary/aromatic N) is 2. The van der Waals surface area contributed by atoms with Crippen molar-refractivity contribution in [3.8, 4) is 9.88 Å². The number of hydrogen-bond donors (Lipinski definition) is 0. The van der Waals surface area contributed by atoms with Gasteiger partial charge in [0.2, 0.25) is 0 Å². The van der Waals surface area contributed by atoms with Gasteiger partial charge in [0.25, 0.3) is 5.91 Å². The third kappa shape index (κ3) is 4.21. The van der Waals surface area contributed by atoms with Crippen LogP contribution in [0.2, 0.25) is 0 Å². The lowest BCUT2D eigenvalue weighted by Gasteiger charge is -2.32. The number of hydrogen-bond acceptors (Lipinski definition) is 6. The van der Waals surface area contributed by atoms with Crippen LogP contribution in [0.25, 0.3) is 9.88 Å². The summed E-state index contributed by atoms with van der Waals surface area (Å²) in [6.45, 7) is 9.38. The Morgan fingerprint density at radius 2 is 1.79 bits per heavy atom. The minimum atomic E-state index is -0.839. The molecule has 24 heavy (non-hydrogen) atoms. The fourth-order valence-electron chi connectivity index (χ4n) is 2.47. The summed E-state index contributed by atoms with van der Waals surface area (Å²) in [5, 5.41) is 4.40. The summed E-state index contributed by atoms with van der Waals surface area (Å²) in [5.74, 6) is -0.760. The van der Waals surface area contributed by atoms with Crippen LogP contribution in [-0.2, 0) is 9.53 Å². The highest BCUT2D eigenvalue weighted by Crippen LogP contribution is 2.28. The number of thiophene rings is 1. The van der Waals surface area contributed by atoms with E-state index in [2.05, 4.69) is 4.98 Å². The lowest BCUT2D eigenvalue weighted by molar-refractivity contribution is -0.143. The maximum Gasteiger partial charge on any atom is 0.358 e. The van der Waals surface area contributed by atoms with Crippen molar-refractivity contribution in [2.24, 2.45) is 0 Å². The van der Waals surface area contributed by atoms with E-state index in [1.807, 2.05) is 45.2 Å². The van der Waals surface area contributed by atoms with Crippen molar-refractivity contribution in [1.82, 2.24) is 9.88 Å². The minimum Gasteiger partial charge on any atom is -0.448 e. The zero-order chi connectivity index (χ0) is 17.9. The van der Waals surface area contributed by atoms with E-state index in [4.69, 9.17) is 4.74 Å². The second-order valence-electron chi connectivity index (χ2n) is 6.00. The molecule has 1 atom stereocenters. The molecule has 2 heterocycles. The van der Waals surface area contributed by atoms with Gasteiger partial charge in [-0.3, -0.25) is 4.79 Å². The van der Waals surface area contributed by atoms with Gasteiger partial charge in [0, 0.05) is 17.5 Å². The van der Waals surface area contributed by atoms with Crippen molar-refractivity contribution < 1.29 is 14.3 Å². The monoisotopic (exact) mass is 366 g/mol. The van der Waals surface area contributed by atoms with Crippen molar-refractivity contribution in [2.45, 2.75) is 52.8 Å². The number of amides is 1. The van der Waals surface area contributed by atoms with Gasteiger partial charge < -0.3 is 9.64 Å². The molecule has 7 heteroatoms. The molecule has 130 valence electrons. The molecule has 0 aliphatic carbocycles. The molecule has 1 unspecified atom stereocenters. The van der Waals surface area contributed by atoms with E-state index >= 15 is 0 Å². The van der Waals surface area contributed by atoms with Gasteiger partial charge in [-0.25, -0.2) is 9.78 Å². The van der Waals surface area contributed by atoms with Crippen LogP contribution in [0.15, 0.2) is 22.9 Å². The lowest BCUT2D eigenvalue weighted by Crippen LogP contribution is -2.47. The molecule has 2 aromatic heterocycles. The molecule has 1 amide bonds. The maximum atomic E-state index is 12.5. The van der Waals surface area contributed by atoms with Gasteiger partial charge in [0.05, 0.1) is 4.88 Å². The predicted octanol–water partition coefficient (Wildman–Crippen LogP) is 4.06. The molecular weight excluding hydrogens is 344 g/mol. The fourth-order valence-corrected chi connectivity index (χ4v) is 4.07. The number of carbonyl (C=O) groups is 2. The second-order valence-corrected chi connectivity index (χ2v) is 7.80. The molecular formula is C17H22N2O3S2. The molecule has 0 aromatic carbocycles. The largest absolute Gasteiger partial charge is 0.448 e. The molecule has 0 N–H and O–H groups in total. The van der Waals surface area contributed by atoms with Gasteiger partial charge in [-0.2, -0.15) is 0 Å². The topological polar surface area (TPSA) is 59.5 Å². The van der Waals surface area contributed by atoms with E-state index in [0.29, 0.717) is 0 Å². The number of esters is 1. The molecule has 0 radical (unpaired) electrons. The minimum absolute atomic E-state index is 0.0448. The molecule has 0 saturated carbocycles. The van der Waals surface area contributed by atoms with E-state index in [1.165, 1.54) is 11.3 Å². The molecule has 0 saturated heterocycles. The summed E-state index contributed by atoms with van der Waals surface area (Å²) < 4.78 is 5.33. The smallest absolute Gasteiger partial charge is 0.358 e. The number of carbonyl (C=O) groups excluding carboxylic acids is 2. The van der Waals surface area contributed by atoms with Gasteiger partial charge in [-0.15, -0.1) is 22.7 Å². The Labute approximate surface area is 150 Å². The zero-order valence-electron chi connectivity index (χ0n) is 14.5.